The van der Waals surface area contributed by atoms with Crippen molar-refractivity contribution in [2.45, 2.75) is 31.9 Å². The van der Waals surface area contributed by atoms with Gasteiger partial charge in [0, 0.05) is 12.6 Å². The Balaban J connectivity index is 1.84. The van der Waals surface area contributed by atoms with E-state index in [1.165, 1.54) is 0 Å². The van der Waals surface area contributed by atoms with Crippen molar-refractivity contribution in [2.24, 2.45) is 5.73 Å². The highest BCUT2D eigenvalue weighted by atomic mass is 16.5. The van der Waals surface area contributed by atoms with Crippen molar-refractivity contribution in [1.29, 1.82) is 0 Å². The van der Waals surface area contributed by atoms with Gasteiger partial charge in [0.25, 0.3) is 0 Å². The monoisotopic (exact) mass is 221 g/mol. The van der Waals surface area contributed by atoms with E-state index in [1.807, 2.05) is 31.2 Å². The van der Waals surface area contributed by atoms with Crippen LogP contribution < -0.4 is 10.5 Å². The highest BCUT2D eigenvalue weighted by molar-refractivity contribution is 5.28. The Morgan fingerprint density at radius 1 is 1.44 bits per heavy atom. The van der Waals surface area contributed by atoms with E-state index >= 15 is 0 Å². The molecule has 1 aromatic rings. The van der Waals surface area contributed by atoms with E-state index in [0.29, 0.717) is 6.61 Å². The van der Waals surface area contributed by atoms with Gasteiger partial charge in [-0.3, -0.25) is 0 Å². The molecule has 1 aliphatic rings. The molecule has 1 fully saturated rings. The predicted octanol–water partition coefficient (Wildman–Crippen LogP) is 2.26. The van der Waals surface area contributed by atoms with Crippen LogP contribution in [0.15, 0.2) is 24.3 Å². The van der Waals surface area contributed by atoms with Gasteiger partial charge in [0.15, 0.2) is 0 Å². The fourth-order valence-electron chi connectivity index (χ4n) is 1.83. The third-order valence-electron chi connectivity index (χ3n) is 2.87. The Labute approximate surface area is 96.5 Å². The van der Waals surface area contributed by atoms with Crippen LogP contribution in [0.5, 0.6) is 5.75 Å². The van der Waals surface area contributed by atoms with Crippen LogP contribution in [0.4, 0.5) is 0 Å². The maximum Gasteiger partial charge on any atom is 0.119 e. The van der Waals surface area contributed by atoms with Crippen LogP contribution in [0, 0.1) is 0 Å². The zero-order valence-electron chi connectivity index (χ0n) is 9.69. The zero-order chi connectivity index (χ0) is 11.4. The van der Waals surface area contributed by atoms with Crippen molar-refractivity contribution in [3.05, 3.63) is 29.8 Å². The predicted molar refractivity (Wildman–Crippen MR) is 63.5 cm³/mol. The van der Waals surface area contributed by atoms with Crippen LogP contribution in [0.1, 0.15) is 31.4 Å². The minimum absolute atomic E-state index is 0.0761. The van der Waals surface area contributed by atoms with Gasteiger partial charge >= 0.3 is 0 Å². The van der Waals surface area contributed by atoms with Gasteiger partial charge in [0.1, 0.15) is 12.4 Å². The highest BCUT2D eigenvalue weighted by Gasteiger charge is 2.15. The molecule has 0 saturated carbocycles. The molecule has 16 heavy (non-hydrogen) atoms. The molecule has 3 heteroatoms. The molecule has 1 heterocycles. The van der Waals surface area contributed by atoms with Gasteiger partial charge in [0.05, 0.1) is 6.10 Å². The molecule has 1 unspecified atom stereocenters. The summed E-state index contributed by atoms with van der Waals surface area (Å²) in [6.45, 7) is 3.50. The molecule has 0 radical (unpaired) electrons. The van der Waals surface area contributed by atoms with E-state index in [1.54, 1.807) is 0 Å². The largest absolute Gasteiger partial charge is 0.491 e. The van der Waals surface area contributed by atoms with Crippen LogP contribution in [-0.4, -0.2) is 19.3 Å². The van der Waals surface area contributed by atoms with Crippen molar-refractivity contribution < 1.29 is 9.47 Å². The molecular weight excluding hydrogens is 202 g/mol. The third kappa shape index (κ3) is 2.97. The fourth-order valence-corrected chi connectivity index (χ4v) is 1.83. The lowest BCUT2D eigenvalue weighted by Gasteiger charge is -2.12. The molecular formula is C13H19NO2. The first-order valence-corrected chi connectivity index (χ1v) is 5.85. The quantitative estimate of drug-likeness (QED) is 0.848. The molecule has 0 spiro atoms. The van der Waals surface area contributed by atoms with Gasteiger partial charge in [-0.15, -0.1) is 0 Å². The van der Waals surface area contributed by atoms with E-state index < -0.39 is 0 Å². The summed E-state index contributed by atoms with van der Waals surface area (Å²) in [5.74, 6) is 0.889. The smallest absolute Gasteiger partial charge is 0.119 e. The highest BCUT2D eigenvalue weighted by Crippen LogP contribution is 2.18. The fraction of sp³-hybridized carbons (Fsp3) is 0.538. The van der Waals surface area contributed by atoms with Crippen molar-refractivity contribution in [1.82, 2.24) is 0 Å². The number of rotatable bonds is 4. The molecule has 0 aliphatic carbocycles. The summed E-state index contributed by atoms with van der Waals surface area (Å²) in [7, 11) is 0. The van der Waals surface area contributed by atoms with E-state index in [0.717, 1.165) is 30.8 Å². The van der Waals surface area contributed by atoms with Gasteiger partial charge in [-0.2, -0.15) is 0 Å². The molecule has 1 aromatic carbocycles. The Kier molecular flexibility index (Phi) is 3.80. The molecule has 0 bridgehead atoms. The standard InChI is InChI=1S/C13H19NO2/c1-10(14)11-4-6-12(7-5-11)16-9-13-3-2-8-15-13/h4-7,10,13H,2-3,8-9,14H2,1H3/t10-,13?/m0/s1. The Hall–Kier alpha value is -1.06. The van der Waals surface area contributed by atoms with Crippen molar-refractivity contribution in [3.63, 3.8) is 0 Å². The van der Waals surface area contributed by atoms with Gasteiger partial charge in [-0.25, -0.2) is 0 Å². The minimum Gasteiger partial charge on any atom is -0.491 e. The second kappa shape index (κ2) is 5.32. The Morgan fingerprint density at radius 2 is 2.19 bits per heavy atom. The lowest BCUT2D eigenvalue weighted by atomic mass is 10.1. The van der Waals surface area contributed by atoms with Gasteiger partial charge in [0.2, 0.25) is 0 Å². The number of hydrogen-bond acceptors (Lipinski definition) is 3. The second-order valence-electron chi connectivity index (χ2n) is 4.30. The Bertz CT molecular complexity index is 315. The summed E-state index contributed by atoms with van der Waals surface area (Å²) in [5.41, 5.74) is 6.91. The zero-order valence-corrected chi connectivity index (χ0v) is 9.69. The number of benzene rings is 1. The molecule has 1 saturated heterocycles. The maximum absolute atomic E-state index is 5.78. The van der Waals surface area contributed by atoms with Crippen molar-refractivity contribution in [3.8, 4) is 5.75 Å². The number of hydrogen-bond donors (Lipinski definition) is 1. The van der Waals surface area contributed by atoms with Crippen molar-refractivity contribution in [2.75, 3.05) is 13.2 Å². The molecule has 3 nitrogen and oxygen atoms in total. The van der Waals surface area contributed by atoms with E-state index in [9.17, 15) is 0 Å². The molecule has 0 amide bonds. The van der Waals surface area contributed by atoms with Gasteiger partial charge < -0.3 is 15.2 Å². The molecule has 88 valence electrons. The number of ether oxygens (including phenoxy) is 2. The minimum atomic E-state index is 0.0761. The van der Waals surface area contributed by atoms with Crippen LogP contribution in [0.25, 0.3) is 0 Å². The second-order valence-corrected chi connectivity index (χ2v) is 4.30. The molecule has 2 N–H and O–H groups in total. The first kappa shape index (κ1) is 11.4. The van der Waals surface area contributed by atoms with E-state index in [2.05, 4.69) is 0 Å². The topological polar surface area (TPSA) is 44.5 Å². The summed E-state index contributed by atoms with van der Waals surface area (Å²) in [6, 6.07) is 8.03. The molecule has 2 atom stereocenters. The maximum atomic E-state index is 5.78. The first-order valence-electron chi connectivity index (χ1n) is 5.85. The summed E-state index contributed by atoms with van der Waals surface area (Å²) in [6.07, 6.45) is 2.53. The summed E-state index contributed by atoms with van der Waals surface area (Å²) in [5, 5.41) is 0. The average Bonchev–Trinajstić information content (AvgIpc) is 2.80. The lowest BCUT2D eigenvalue weighted by molar-refractivity contribution is 0.0679. The van der Waals surface area contributed by atoms with Crippen LogP contribution in [0.2, 0.25) is 0 Å². The normalized spacial score (nSPS) is 22.0. The van der Waals surface area contributed by atoms with E-state index in [-0.39, 0.29) is 12.1 Å². The van der Waals surface area contributed by atoms with Crippen LogP contribution in [-0.2, 0) is 4.74 Å². The van der Waals surface area contributed by atoms with Crippen LogP contribution >= 0.6 is 0 Å². The van der Waals surface area contributed by atoms with Gasteiger partial charge in [-0.05, 0) is 37.5 Å². The molecule has 1 aliphatic heterocycles. The average molecular weight is 221 g/mol. The SMILES string of the molecule is C[C@H](N)c1ccc(OCC2CCCO2)cc1. The third-order valence-corrected chi connectivity index (χ3v) is 2.87. The van der Waals surface area contributed by atoms with Crippen LogP contribution in [0.3, 0.4) is 0 Å². The summed E-state index contributed by atoms with van der Waals surface area (Å²) >= 11 is 0. The molecule has 2 rings (SSSR count). The Morgan fingerprint density at radius 3 is 2.75 bits per heavy atom. The number of nitrogens with two attached hydrogens (primary N) is 1. The van der Waals surface area contributed by atoms with Gasteiger partial charge in [-0.1, -0.05) is 12.1 Å². The van der Waals surface area contributed by atoms with E-state index in [4.69, 9.17) is 15.2 Å². The first-order chi connectivity index (χ1) is 7.75. The van der Waals surface area contributed by atoms with Crippen molar-refractivity contribution >= 4 is 0 Å². The summed E-state index contributed by atoms with van der Waals surface area (Å²) in [4.78, 5) is 0. The molecule has 0 aromatic heterocycles. The lowest BCUT2D eigenvalue weighted by Crippen LogP contribution is -2.16. The summed E-state index contributed by atoms with van der Waals surface area (Å²) < 4.78 is 11.2.